The topological polar surface area (TPSA) is 59.7 Å². The summed E-state index contributed by atoms with van der Waals surface area (Å²) in [6.07, 6.45) is 1.66. The SMILES string of the molecule is Cc1coc2c(Oc3ccc(C(=O)O)c(Cl)c3)cccc12. The van der Waals surface area contributed by atoms with Crippen molar-refractivity contribution in [2.24, 2.45) is 0 Å². The maximum atomic E-state index is 10.9. The van der Waals surface area contributed by atoms with E-state index in [4.69, 9.17) is 25.9 Å². The Morgan fingerprint density at radius 2 is 2.10 bits per heavy atom. The number of para-hydroxylation sites is 1. The van der Waals surface area contributed by atoms with E-state index in [0.29, 0.717) is 17.1 Å². The summed E-state index contributed by atoms with van der Waals surface area (Å²) >= 11 is 5.93. The highest BCUT2D eigenvalue weighted by Gasteiger charge is 2.12. The summed E-state index contributed by atoms with van der Waals surface area (Å²) in [5.74, 6) is -0.0680. The molecular formula is C16H11ClO4. The van der Waals surface area contributed by atoms with Gasteiger partial charge in [0.05, 0.1) is 16.8 Å². The van der Waals surface area contributed by atoms with E-state index in [1.807, 2.05) is 19.1 Å². The summed E-state index contributed by atoms with van der Waals surface area (Å²) in [6, 6.07) is 10.0. The second-order valence-corrected chi connectivity index (χ2v) is 5.01. The van der Waals surface area contributed by atoms with Crippen molar-refractivity contribution in [2.75, 3.05) is 0 Å². The number of rotatable bonds is 3. The lowest BCUT2D eigenvalue weighted by molar-refractivity contribution is 0.0697. The van der Waals surface area contributed by atoms with Crippen LogP contribution in [0.5, 0.6) is 11.5 Å². The molecule has 2 aromatic carbocycles. The van der Waals surface area contributed by atoms with Crippen molar-refractivity contribution in [3.8, 4) is 11.5 Å². The number of benzene rings is 2. The van der Waals surface area contributed by atoms with Crippen LogP contribution in [0.3, 0.4) is 0 Å². The average Bonchev–Trinajstić information content (AvgIpc) is 2.81. The summed E-state index contributed by atoms with van der Waals surface area (Å²) < 4.78 is 11.2. The molecule has 4 nitrogen and oxygen atoms in total. The summed E-state index contributed by atoms with van der Waals surface area (Å²) in [7, 11) is 0. The highest BCUT2D eigenvalue weighted by Crippen LogP contribution is 2.33. The normalized spacial score (nSPS) is 10.8. The van der Waals surface area contributed by atoms with Gasteiger partial charge >= 0.3 is 5.97 Å². The van der Waals surface area contributed by atoms with Crippen LogP contribution < -0.4 is 4.74 Å². The fourth-order valence-corrected chi connectivity index (χ4v) is 2.35. The van der Waals surface area contributed by atoms with E-state index in [-0.39, 0.29) is 10.6 Å². The summed E-state index contributed by atoms with van der Waals surface area (Å²) in [5, 5.41) is 10.1. The van der Waals surface area contributed by atoms with E-state index < -0.39 is 5.97 Å². The van der Waals surface area contributed by atoms with Gasteiger partial charge in [-0.3, -0.25) is 0 Å². The van der Waals surface area contributed by atoms with Gasteiger partial charge in [0.2, 0.25) is 0 Å². The third kappa shape index (κ3) is 2.45. The minimum absolute atomic E-state index is 0.0380. The Bertz CT molecular complexity index is 835. The molecule has 3 aromatic rings. The monoisotopic (exact) mass is 302 g/mol. The number of hydrogen-bond donors (Lipinski definition) is 1. The van der Waals surface area contributed by atoms with Gasteiger partial charge in [0.1, 0.15) is 5.75 Å². The third-order valence-corrected chi connectivity index (χ3v) is 3.47. The first kappa shape index (κ1) is 13.5. The van der Waals surface area contributed by atoms with Crippen molar-refractivity contribution >= 4 is 28.5 Å². The second-order valence-electron chi connectivity index (χ2n) is 4.60. The molecule has 0 unspecified atom stereocenters. The van der Waals surface area contributed by atoms with Gasteiger partial charge in [-0.25, -0.2) is 4.79 Å². The predicted octanol–water partition coefficient (Wildman–Crippen LogP) is 4.89. The van der Waals surface area contributed by atoms with Crippen molar-refractivity contribution in [1.82, 2.24) is 0 Å². The number of furan rings is 1. The zero-order valence-corrected chi connectivity index (χ0v) is 11.8. The maximum absolute atomic E-state index is 10.9. The number of carboxylic acids is 1. The fourth-order valence-electron chi connectivity index (χ4n) is 2.10. The Kier molecular flexibility index (Phi) is 3.31. The Morgan fingerprint density at radius 3 is 2.81 bits per heavy atom. The lowest BCUT2D eigenvalue weighted by Gasteiger charge is -2.07. The molecule has 0 aliphatic carbocycles. The first-order valence-corrected chi connectivity index (χ1v) is 6.61. The zero-order valence-electron chi connectivity index (χ0n) is 11.1. The second kappa shape index (κ2) is 5.14. The summed E-state index contributed by atoms with van der Waals surface area (Å²) in [4.78, 5) is 10.9. The van der Waals surface area contributed by atoms with Crippen LogP contribution in [0.15, 0.2) is 47.1 Å². The molecule has 1 aromatic heterocycles. The Hall–Kier alpha value is -2.46. The molecule has 1 heterocycles. The maximum Gasteiger partial charge on any atom is 0.337 e. The molecule has 0 saturated heterocycles. The first-order chi connectivity index (χ1) is 10.1. The van der Waals surface area contributed by atoms with E-state index in [9.17, 15) is 4.79 Å². The van der Waals surface area contributed by atoms with Crippen LogP contribution in [0.1, 0.15) is 15.9 Å². The number of halogens is 1. The molecule has 0 atom stereocenters. The molecule has 0 radical (unpaired) electrons. The predicted molar refractivity (Wildman–Crippen MR) is 79.4 cm³/mol. The van der Waals surface area contributed by atoms with E-state index in [1.54, 1.807) is 18.4 Å². The Morgan fingerprint density at radius 1 is 1.29 bits per heavy atom. The smallest absolute Gasteiger partial charge is 0.337 e. The molecule has 3 rings (SSSR count). The highest BCUT2D eigenvalue weighted by molar-refractivity contribution is 6.33. The standard InChI is InChI=1S/C16H11ClO4/c1-9-8-20-15-11(9)3-2-4-14(15)21-10-5-6-12(16(18)19)13(17)7-10/h2-8H,1H3,(H,18,19). The van der Waals surface area contributed by atoms with Crippen LogP contribution in [-0.2, 0) is 0 Å². The van der Waals surface area contributed by atoms with Gasteiger partial charge in [-0.05, 0) is 30.7 Å². The number of aromatic carboxylic acids is 1. The Balaban J connectivity index is 1.99. The number of fused-ring (bicyclic) bond motifs is 1. The first-order valence-electron chi connectivity index (χ1n) is 6.24. The fraction of sp³-hybridized carbons (Fsp3) is 0.0625. The van der Waals surface area contributed by atoms with Gasteiger partial charge < -0.3 is 14.3 Å². The number of carboxylic acid groups (broad SMARTS) is 1. The number of ether oxygens (including phenoxy) is 1. The van der Waals surface area contributed by atoms with Gasteiger partial charge in [-0.2, -0.15) is 0 Å². The van der Waals surface area contributed by atoms with Crippen LogP contribution in [0, 0.1) is 6.92 Å². The lowest BCUT2D eigenvalue weighted by Crippen LogP contribution is -1.97. The van der Waals surface area contributed by atoms with Gasteiger partial charge in [-0.1, -0.05) is 23.7 Å². The van der Waals surface area contributed by atoms with Crippen molar-refractivity contribution in [3.63, 3.8) is 0 Å². The van der Waals surface area contributed by atoms with Crippen LogP contribution in [0.2, 0.25) is 5.02 Å². The highest BCUT2D eigenvalue weighted by atomic mass is 35.5. The number of carbonyl (C=O) groups is 1. The van der Waals surface area contributed by atoms with E-state index in [1.165, 1.54) is 12.1 Å². The van der Waals surface area contributed by atoms with Crippen LogP contribution in [0.25, 0.3) is 11.0 Å². The molecule has 5 heteroatoms. The average molecular weight is 303 g/mol. The third-order valence-electron chi connectivity index (χ3n) is 3.16. The van der Waals surface area contributed by atoms with Crippen molar-refractivity contribution in [1.29, 1.82) is 0 Å². The van der Waals surface area contributed by atoms with Gasteiger partial charge in [0, 0.05) is 11.5 Å². The molecule has 0 saturated carbocycles. The molecule has 0 aliphatic rings. The number of hydrogen-bond acceptors (Lipinski definition) is 3. The van der Waals surface area contributed by atoms with Crippen molar-refractivity contribution in [2.45, 2.75) is 6.92 Å². The Labute approximate surface area is 125 Å². The van der Waals surface area contributed by atoms with E-state index in [2.05, 4.69) is 0 Å². The molecule has 0 spiro atoms. The zero-order chi connectivity index (χ0) is 15.0. The largest absolute Gasteiger partial charge is 0.478 e. The molecule has 0 aliphatic heterocycles. The molecule has 0 bridgehead atoms. The number of aryl methyl sites for hydroxylation is 1. The molecule has 21 heavy (non-hydrogen) atoms. The minimum atomic E-state index is -1.07. The van der Waals surface area contributed by atoms with E-state index >= 15 is 0 Å². The van der Waals surface area contributed by atoms with Gasteiger partial charge in [-0.15, -0.1) is 0 Å². The molecule has 106 valence electrons. The molecule has 0 amide bonds. The summed E-state index contributed by atoms with van der Waals surface area (Å²) in [6.45, 7) is 1.95. The van der Waals surface area contributed by atoms with E-state index in [0.717, 1.165) is 10.9 Å². The van der Waals surface area contributed by atoms with Crippen molar-refractivity contribution in [3.05, 3.63) is 58.8 Å². The quantitative estimate of drug-likeness (QED) is 0.748. The molecule has 0 fully saturated rings. The van der Waals surface area contributed by atoms with Gasteiger partial charge in [0.15, 0.2) is 11.3 Å². The minimum Gasteiger partial charge on any atom is -0.478 e. The van der Waals surface area contributed by atoms with Crippen LogP contribution in [0.4, 0.5) is 0 Å². The van der Waals surface area contributed by atoms with Gasteiger partial charge in [0.25, 0.3) is 0 Å². The molecular weight excluding hydrogens is 292 g/mol. The van der Waals surface area contributed by atoms with Crippen molar-refractivity contribution < 1.29 is 19.1 Å². The van der Waals surface area contributed by atoms with Crippen LogP contribution in [-0.4, -0.2) is 11.1 Å². The lowest BCUT2D eigenvalue weighted by atomic mass is 10.2. The van der Waals surface area contributed by atoms with Crippen LogP contribution >= 0.6 is 11.6 Å². The summed E-state index contributed by atoms with van der Waals surface area (Å²) in [5.41, 5.74) is 1.71. The molecule has 1 N–H and O–H groups in total.